The number of ether oxygens (including phenoxy) is 1. The number of hydrogen-bond acceptors (Lipinski definition) is 4. The monoisotopic (exact) mass is 572 g/mol. The smallest absolute Gasteiger partial charge is 0.416 e. The Balaban J connectivity index is 1.72. The fourth-order valence-electron chi connectivity index (χ4n) is 5.39. The molecule has 0 bridgehead atoms. The second kappa shape index (κ2) is 11.9. The van der Waals surface area contributed by atoms with E-state index in [1.54, 1.807) is 40.0 Å². The quantitative estimate of drug-likeness (QED) is 0.199. The number of rotatable bonds is 7. The Hall–Kier alpha value is -5.22. The van der Waals surface area contributed by atoms with Crippen molar-refractivity contribution in [3.05, 3.63) is 155 Å². The van der Waals surface area contributed by atoms with Gasteiger partial charge in [0.2, 0.25) is 0 Å². The van der Waals surface area contributed by atoms with Gasteiger partial charge in [-0.15, -0.1) is 0 Å². The third-order valence-corrected chi connectivity index (χ3v) is 7.36. The number of benzene rings is 4. The first-order valence-corrected chi connectivity index (χ1v) is 14.1. The standard InChI is InChI=1S/C36H33FN4O2/c1-25(26-20-21-27(23-38)31(37)22-26)41(34(42)43-35(2,3)4)32-24-39-33(40-32)36(28-14-8-5-9-15-28,29-16-10-6-11-17-29)30-18-12-7-13-19-30/h5-22,24-25H,1-4H3,(H,39,40). The molecule has 0 aliphatic rings. The lowest BCUT2D eigenvalue weighted by Crippen LogP contribution is -2.39. The topological polar surface area (TPSA) is 82.0 Å². The number of amides is 1. The molecule has 1 unspecified atom stereocenters. The average molecular weight is 573 g/mol. The van der Waals surface area contributed by atoms with Gasteiger partial charge in [-0.2, -0.15) is 5.26 Å². The molecule has 1 amide bonds. The molecule has 0 aliphatic carbocycles. The van der Waals surface area contributed by atoms with Crippen molar-refractivity contribution in [2.45, 2.75) is 44.8 Å². The second-order valence-corrected chi connectivity index (χ2v) is 11.3. The number of aromatic amines is 1. The molecular weight excluding hydrogens is 539 g/mol. The molecule has 0 aliphatic heterocycles. The molecule has 5 aromatic rings. The number of nitrogens with zero attached hydrogens (tertiary/aromatic N) is 3. The summed E-state index contributed by atoms with van der Waals surface area (Å²) in [6, 6.07) is 35.8. The van der Waals surface area contributed by atoms with Crippen LogP contribution in [0.25, 0.3) is 0 Å². The van der Waals surface area contributed by atoms with Crippen LogP contribution >= 0.6 is 0 Å². The first-order valence-electron chi connectivity index (χ1n) is 14.1. The maximum absolute atomic E-state index is 14.7. The largest absolute Gasteiger partial charge is 0.443 e. The molecule has 1 aromatic heterocycles. The first kappa shape index (κ1) is 29.3. The summed E-state index contributed by atoms with van der Waals surface area (Å²) in [6.07, 6.45) is 1.05. The molecule has 0 fully saturated rings. The third kappa shape index (κ3) is 5.77. The van der Waals surface area contributed by atoms with Gasteiger partial charge in [-0.1, -0.05) is 97.1 Å². The van der Waals surface area contributed by atoms with E-state index < -0.39 is 29.0 Å². The first-order chi connectivity index (χ1) is 20.6. The maximum Gasteiger partial charge on any atom is 0.416 e. The van der Waals surface area contributed by atoms with Crippen molar-refractivity contribution in [2.24, 2.45) is 0 Å². The molecule has 1 N–H and O–H groups in total. The molecule has 0 spiro atoms. The molecule has 1 heterocycles. The fraction of sp³-hybridized carbons (Fsp3) is 0.194. The number of nitrogens with one attached hydrogen (secondary N) is 1. The van der Waals surface area contributed by atoms with Gasteiger partial charge < -0.3 is 9.72 Å². The van der Waals surface area contributed by atoms with E-state index in [4.69, 9.17) is 9.72 Å². The summed E-state index contributed by atoms with van der Waals surface area (Å²) in [7, 11) is 0. The second-order valence-electron chi connectivity index (χ2n) is 11.3. The number of H-pyrrole nitrogens is 1. The van der Waals surface area contributed by atoms with Crippen LogP contribution in [0.5, 0.6) is 0 Å². The summed E-state index contributed by atoms with van der Waals surface area (Å²) in [5.41, 5.74) is 1.74. The van der Waals surface area contributed by atoms with E-state index in [1.807, 2.05) is 60.7 Å². The van der Waals surface area contributed by atoms with Crippen LogP contribution in [0.1, 0.15) is 67.4 Å². The molecule has 43 heavy (non-hydrogen) atoms. The van der Waals surface area contributed by atoms with Gasteiger partial charge in [-0.25, -0.2) is 14.2 Å². The van der Waals surface area contributed by atoms with Crippen molar-refractivity contribution in [3.63, 3.8) is 0 Å². The van der Waals surface area contributed by atoms with Gasteiger partial charge in [0, 0.05) is 6.20 Å². The number of halogens is 1. The lowest BCUT2D eigenvalue weighted by atomic mass is 9.69. The van der Waals surface area contributed by atoms with Crippen LogP contribution in [0.4, 0.5) is 15.0 Å². The highest BCUT2D eigenvalue weighted by Crippen LogP contribution is 2.44. The molecule has 216 valence electrons. The van der Waals surface area contributed by atoms with Crippen LogP contribution in [0.3, 0.4) is 0 Å². The number of carbonyl (C=O) groups excluding carboxylic acids is 1. The molecule has 0 radical (unpaired) electrons. The molecule has 4 aromatic carbocycles. The van der Waals surface area contributed by atoms with Gasteiger partial charge in [0.15, 0.2) is 5.82 Å². The molecule has 6 nitrogen and oxygen atoms in total. The van der Waals surface area contributed by atoms with E-state index in [0.29, 0.717) is 17.2 Å². The number of imidazole rings is 1. The van der Waals surface area contributed by atoms with E-state index in [9.17, 15) is 14.4 Å². The van der Waals surface area contributed by atoms with Crippen LogP contribution in [0.15, 0.2) is 115 Å². The Morgan fingerprint density at radius 1 is 0.884 bits per heavy atom. The zero-order valence-corrected chi connectivity index (χ0v) is 24.6. The van der Waals surface area contributed by atoms with Crippen molar-refractivity contribution in [3.8, 4) is 6.07 Å². The Morgan fingerprint density at radius 2 is 1.40 bits per heavy atom. The Bertz CT molecular complexity index is 1640. The number of hydrogen-bond donors (Lipinski definition) is 1. The van der Waals surface area contributed by atoms with Crippen molar-refractivity contribution in [1.82, 2.24) is 9.97 Å². The summed E-state index contributed by atoms with van der Waals surface area (Å²) in [6.45, 7) is 7.14. The number of carbonyl (C=O) groups is 1. The van der Waals surface area contributed by atoms with Crippen LogP contribution < -0.4 is 4.90 Å². The van der Waals surface area contributed by atoms with Crippen molar-refractivity contribution in [1.29, 1.82) is 5.26 Å². The zero-order valence-electron chi connectivity index (χ0n) is 24.6. The summed E-state index contributed by atoms with van der Waals surface area (Å²) < 4.78 is 20.5. The van der Waals surface area contributed by atoms with Gasteiger partial charge in [0.1, 0.15) is 28.7 Å². The minimum atomic E-state index is -0.856. The maximum atomic E-state index is 14.7. The van der Waals surface area contributed by atoms with Crippen LogP contribution in [0.2, 0.25) is 0 Å². The molecule has 5 rings (SSSR count). The lowest BCUT2D eigenvalue weighted by molar-refractivity contribution is 0.0566. The molecule has 0 saturated heterocycles. The minimum Gasteiger partial charge on any atom is -0.443 e. The highest BCUT2D eigenvalue weighted by atomic mass is 19.1. The van der Waals surface area contributed by atoms with Crippen LogP contribution in [-0.2, 0) is 10.2 Å². The summed E-state index contributed by atoms with van der Waals surface area (Å²) >= 11 is 0. The normalized spacial score (nSPS) is 12.3. The van der Waals surface area contributed by atoms with Crippen molar-refractivity contribution >= 4 is 11.9 Å². The number of nitriles is 1. The van der Waals surface area contributed by atoms with E-state index in [-0.39, 0.29) is 5.56 Å². The summed E-state index contributed by atoms with van der Waals surface area (Å²) in [5, 5.41) is 9.22. The number of aromatic nitrogens is 2. The predicted octanol–water partition coefficient (Wildman–Crippen LogP) is 8.31. The van der Waals surface area contributed by atoms with E-state index in [1.165, 1.54) is 17.0 Å². The molecule has 1 atom stereocenters. The Morgan fingerprint density at radius 3 is 1.84 bits per heavy atom. The van der Waals surface area contributed by atoms with Gasteiger partial charge >= 0.3 is 6.09 Å². The van der Waals surface area contributed by atoms with Crippen LogP contribution in [0, 0.1) is 17.1 Å². The van der Waals surface area contributed by atoms with Crippen molar-refractivity contribution in [2.75, 3.05) is 4.90 Å². The number of anilines is 1. The lowest BCUT2D eigenvalue weighted by Gasteiger charge is -2.34. The average Bonchev–Trinajstić information content (AvgIpc) is 3.48. The summed E-state index contributed by atoms with van der Waals surface area (Å²) in [5.74, 6) is 0.251. The van der Waals surface area contributed by atoms with Crippen molar-refractivity contribution < 1.29 is 13.9 Å². The third-order valence-electron chi connectivity index (χ3n) is 7.36. The Kier molecular flexibility index (Phi) is 8.13. The SMILES string of the molecule is CC(c1ccc(C#N)c(F)c1)N(C(=O)OC(C)(C)C)c1c[nH]c(C(c2ccccc2)(c2ccccc2)c2ccccc2)n1. The van der Waals surface area contributed by atoms with E-state index in [0.717, 1.165) is 16.7 Å². The highest BCUT2D eigenvalue weighted by molar-refractivity contribution is 5.87. The van der Waals surface area contributed by atoms with Gasteiger partial charge in [0.25, 0.3) is 0 Å². The highest BCUT2D eigenvalue weighted by Gasteiger charge is 2.42. The fourth-order valence-corrected chi connectivity index (χ4v) is 5.39. The molecular formula is C36H33FN4O2. The molecule has 0 saturated carbocycles. The van der Waals surface area contributed by atoms with Gasteiger partial charge in [-0.05, 0) is 62.1 Å². The Labute approximate surface area is 251 Å². The van der Waals surface area contributed by atoms with Gasteiger partial charge in [0.05, 0.1) is 11.6 Å². The molecule has 7 heteroatoms. The van der Waals surface area contributed by atoms with Gasteiger partial charge in [-0.3, -0.25) is 4.90 Å². The zero-order chi connectivity index (χ0) is 30.6. The minimum absolute atomic E-state index is 0.0693. The van der Waals surface area contributed by atoms with Crippen LogP contribution in [-0.4, -0.2) is 21.7 Å². The van der Waals surface area contributed by atoms with E-state index in [2.05, 4.69) is 41.4 Å². The van der Waals surface area contributed by atoms with E-state index >= 15 is 0 Å². The summed E-state index contributed by atoms with van der Waals surface area (Å²) in [4.78, 5) is 23.7. The predicted molar refractivity (Wildman–Crippen MR) is 165 cm³/mol.